The van der Waals surface area contributed by atoms with Crippen molar-refractivity contribution in [3.05, 3.63) is 5.82 Å². The average molecular weight is 184 g/mol. The third-order valence-electron chi connectivity index (χ3n) is 1.76. The van der Waals surface area contributed by atoms with Gasteiger partial charge in [-0.05, 0) is 20.8 Å². The second-order valence-electron chi connectivity index (χ2n) is 3.20. The smallest absolute Gasteiger partial charge is 0.324 e. The zero-order chi connectivity index (χ0) is 9.84. The van der Waals surface area contributed by atoms with Crippen LogP contribution in [-0.2, 0) is 0 Å². The number of hydrogen-bond donors (Lipinski definition) is 1. The Hall–Kier alpha value is -1.10. The van der Waals surface area contributed by atoms with Crippen LogP contribution in [0.4, 0.5) is 6.01 Å². The van der Waals surface area contributed by atoms with Gasteiger partial charge in [0.25, 0.3) is 0 Å². The zero-order valence-corrected chi connectivity index (χ0v) is 8.32. The first-order valence-electron chi connectivity index (χ1n) is 4.42. The molecule has 0 aromatic carbocycles. The summed E-state index contributed by atoms with van der Waals surface area (Å²) in [7, 11) is 0. The summed E-state index contributed by atoms with van der Waals surface area (Å²) >= 11 is 0. The van der Waals surface area contributed by atoms with Crippen LogP contribution in [0.1, 0.15) is 19.7 Å². The van der Waals surface area contributed by atoms with Crippen LogP contribution in [0.15, 0.2) is 4.52 Å². The Bertz CT molecular complexity index is 258. The summed E-state index contributed by atoms with van der Waals surface area (Å²) in [5, 5.41) is 3.73. The molecule has 0 radical (unpaired) electrons. The fourth-order valence-corrected chi connectivity index (χ4v) is 1.12. The second kappa shape index (κ2) is 4.23. The van der Waals surface area contributed by atoms with Crippen LogP contribution in [0.25, 0.3) is 0 Å². The quantitative estimate of drug-likeness (QED) is 0.740. The Kier molecular flexibility index (Phi) is 3.25. The molecule has 0 fully saturated rings. The summed E-state index contributed by atoms with van der Waals surface area (Å²) in [6.07, 6.45) is 0. The molecule has 0 unspecified atom stereocenters. The van der Waals surface area contributed by atoms with E-state index >= 15 is 0 Å². The van der Waals surface area contributed by atoms with Gasteiger partial charge in [-0.15, -0.1) is 0 Å². The first-order chi connectivity index (χ1) is 6.15. The molecule has 2 N–H and O–H groups in total. The van der Waals surface area contributed by atoms with Crippen LogP contribution < -0.4 is 10.6 Å². The third-order valence-corrected chi connectivity index (χ3v) is 1.76. The highest BCUT2D eigenvalue weighted by Gasteiger charge is 2.15. The molecule has 0 bridgehead atoms. The summed E-state index contributed by atoms with van der Waals surface area (Å²) in [5.74, 6) is 0.651. The SMILES string of the molecule is Cc1noc(N(CCN)C(C)C)n1. The summed E-state index contributed by atoms with van der Waals surface area (Å²) in [4.78, 5) is 6.13. The maximum absolute atomic E-state index is 5.48. The Balaban J connectivity index is 2.75. The topological polar surface area (TPSA) is 68.2 Å². The molecule has 0 atom stereocenters. The molecule has 1 aromatic rings. The maximum atomic E-state index is 5.48. The first-order valence-corrected chi connectivity index (χ1v) is 4.42. The Morgan fingerprint density at radius 1 is 1.54 bits per heavy atom. The van der Waals surface area contributed by atoms with Crippen molar-refractivity contribution in [2.45, 2.75) is 26.8 Å². The minimum absolute atomic E-state index is 0.323. The number of nitrogens with zero attached hydrogens (tertiary/aromatic N) is 3. The van der Waals surface area contributed by atoms with Gasteiger partial charge >= 0.3 is 6.01 Å². The Morgan fingerprint density at radius 3 is 2.62 bits per heavy atom. The highest BCUT2D eigenvalue weighted by Crippen LogP contribution is 2.12. The molecule has 0 aliphatic rings. The number of hydrogen-bond acceptors (Lipinski definition) is 5. The summed E-state index contributed by atoms with van der Waals surface area (Å²) in [6.45, 7) is 7.25. The molecule has 5 nitrogen and oxygen atoms in total. The minimum Gasteiger partial charge on any atom is -0.329 e. The molecule has 0 spiro atoms. The molecule has 0 amide bonds. The van der Waals surface area contributed by atoms with Crippen LogP contribution in [0.2, 0.25) is 0 Å². The van der Waals surface area contributed by atoms with Crippen LogP contribution in [0.3, 0.4) is 0 Å². The van der Waals surface area contributed by atoms with E-state index in [1.165, 1.54) is 0 Å². The van der Waals surface area contributed by atoms with E-state index in [4.69, 9.17) is 10.3 Å². The lowest BCUT2D eigenvalue weighted by Crippen LogP contribution is -2.35. The van der Waals surface area contributed by atoms with E-state index in [-0.39, 0.29) is 0 Å². The van der Waals surface area contributed by atoms with Crippen LogP contribution in [-0.4, -0.2) is 29.3 Å². The first kappa shape index (κ1) is 9.98. The molecule has 1 aromatic heterocycles. The Labute approximate surface area is 77.9 Å². The summed E-state index contributed by atoms with van der Waals surface area (Å²) in [5.41, 5.74) is 5.48. The van der Waals surface area contributed by atoms with Crippen molar-refractivity contribution in [3.63, 3.8) is 0 Å². The van der Waals surface area contributed by atoms with Crippen LogP contribution in [0.5, 0.6) is 0 Å². The monoisotopic (exact) mass is 184 g/mol. The lowest BCUT2D eigenvalue weighted by molar-refractivity contribution is 0.402. The van der Waals surface area contributed by atoms with Crippen LogP contribution in [0, 0.1) is 6.92 Å². The van der Waals surface area contributed by atoms with Gasteiger partial charge in [0.15, 0.2) is 5.82 Å². The summed E-state index contributed by atoms with van der Waals surface area (Å²) in [6, 6.07) is 0.876. The predicted octanol–water partition coefficient (Wildman–Crippen LogP) is 0.552. The van der Waals surface area contributed by atoms with Crippen molar-refractivity contribution in [1.82, 2.24) is 10.1 Å². The van der Waals surface area contributed by atoms with Crippen molar-refractivity contribution in [1.29, 1.82) is 0 Å². The lowest BCUT2D eigenvalue weighted by Gasteiger charge is -2.22. The van der Waals surface area contributed by atoms with E-state index in [0.717, 1.165) is 6.54 Å². The normalized spacial score (nSPS) is 10.8. The summed E-state index contributed by atoms with van der Waals surface area (Å²) < 4.78 is 5.05. The van der Waals surface area contributed by atoms with E-state index < -0.39 is 0 Å². The van der Waals surface area contributed by atoms with Crippen molar-refractivity contribution >= 4 is 6.01 Å². The average Bonchev–Trinajstić information content (AvgIpc) is 2.46. The Morgan fingerprint density at radius 2 is 2.23 bits per heavy atom. The lowest BCUT2D eigenvalue weighted by atomic mass is 10.3. The maximum Gasteiger partial charge on any atom is 0.324 e. The van der Waals surface area contributed by atoms with Crippen molar-refractivity contribution < 1.29 is 4.52 Å². The molecule has 1 heterocycles. The predicted molar refractivity (Wildman–Crippen MR) is 50.6 cm³/mol. The second-order valence-corrected chi connectivity index (χ2v) is 3.20. The van der Waals surface area contributed by atoms with Crippen molar-refractivity contribution in [2.24, 2.45) is 5.73 Å². The molecular formula is C8H16N4O. The molecule has 13 heavy (non-hydrogen) atoms. The highest BCUT2D eigenvalue weighted by molar-refractivity contribution is 5.26. The van der Waals surface area contributed by atoms with Gasteiger partial charge in [-0.1, -0.05) is 5.16 Å². The number of nitrogens with two attached hydrogens (primary N) is 1. The molecule has 0 saturated heterocycles. The van der Waals surface area contributed by atoms with Gasteiger partial charge in [-0.25, -0.2) is 0 Å². The van der Waals surface area contributed by atoms with E-state index in [1.54, 1.807) is 6.92 Å². The van der Waals surface area contributed by atoms with Gasteiger partial charge < -0.3 is 15.2 Å². The fraction of sp³-hybridized carbons (Fsp3) is 0.750. The molecule has 5 heteroatoms. The van der Waals surface area contributed by atoms with E-state index in [9.17, 15) is 0 Å². The number of rotatable bonds is 4. The van der Waals surface area contributed by atoms with Gasteiger partial charge in [0.2, 0.25) is 0 Å². The molecule has 0 aliphatic heterocycles. The zero-order valence-electron chi connectivity index (χ0n) is 8.32. The highest BCUT2D eigenvalue weighted by atomic mass is 16.5. The third kappa shape index (κ3) is 2.42. The minimum atomic E-state index is 0.323. The van der Waals surface area contributed by atoms with E-state index in [2.05, 4.69) is 24.0 Å². The molecule has 0 aliphatic carbocycles. The largest absolute Gasteiger partial charge is 0.329 e. The van der Waals surface area contributed by atoms with Gasteiger partial charge in [-0.2, -0.15) is 4.98 Å². The molecule has 74 valence electrons. The molecular weight excluding hydrogens is 168 g/mol. The van der Waals surface area contributed by atoms with E-state index in [0.29, 0.717) is 24.4 Å². The van der Waals surface area contributed by atoms with Crippen LogP contribution >= 0.6 is 0 Å². The van der Waals surface area contributed by atoms with Gasteiger partial charge in [0, 0.05) is 19.1 Å². The van der Waals surface area contributed by atoms with Gasteiger partial charge in [0.05, 0.1) is 0 Å². The standard InChI is InChI=1S/C8H16N4O/c1-6(2)12(5-4-9)8-10-7(3)11-13-8/h6H,4-5,9H2,1-3H3. The van der Waals surface area contributed by atoms with Gasteiger partial charge in [-0.3, -0.25) is 0 Å². The number of aromatic nitrogens is 2. The van der Waals surface area contributed by atoms with Crippen molar-refractivity contribution in [2.75, 3.05) is 18.0 Å². The number of anilines is 1. The molecule has 1 rings (SSSR count). The van der Waals surface area contributed by atoms with Crippen molar-refractivity contribution in [3.8, 4) is 0 Å². The van der Waals surface area contributed by atoms with Gasteiger partial charge in [0.1, 0.15) is 0 Å². The fourth-order valence-electron chi connectivity index (χ4n) is 1.12. The molecule has 0 saturated carbocycles. The number of aryl methyl sites for hydroxylation is 1. The van der Waals surface area contributed by atoms with E-state index in [1.807, 2.05) is 4.90 Å².